The molecule has 0 aliphatic carbocycles. The Kier molecular flexibility index (Phi) is 5.82. The average Bonchev–Trinajstić information content (AvgIpc) is 2.40. The van der Waals surface area contributed by atoms with Crippen molar-refractivity contribution in [2.75, 3.05) is 18.0 Å². The highest BCUT2D eigenvalue weighted by Crippen LogP contribution is 2.22. The smallest absolute Gasteiger partial charge is 0.123 e. The third kappa shape index (κ3) is 5.30. The van der Waals surface area contributed by atoms with Crippen molar-refractivity contribution in [3.05, 3.63) is 30.1 Å². The highest BCUT2D eigenvalue weighted by molar-refractivity contribution is 5.45. The Morgan fingerprint density at radius 3 is 2.37 bits per heavy atom. The van der Waals surface area contributed by atoms with Crippen LogP contribution in [0.1, 0.15) is 40.0 Å². The first kappa shape index (κ1) is 15.5. The number of anilines is 1. The molecule has 0 aliphatic rings. The van der Waals surface area contributed by atoms with Gasteiger partial charge in [-0.3, -0.25) is 0 Å². The maximum Gasteiger partial charge on any atom is 0.123 e. The van der Waals surface area contributed by atoms with Crippen LogP contribution in [0.25, 0.3) is 0 Å². The number of unbranched alkanes of at least 4 members (excludes halogenated alkanes) is 1. The summed E-state index contributed by atoms with van der Waals surface area (Å²) in [5, 5.41) is 8.96. The molecule has 3 heteroatoms. The van der Waals surface area contributed by atoms with E-state index in [4.69, 9.17) is 5.26 Å². The maximum absolute atomic E-state index is 12.9. The lowest BCUT2D eigenvalue weighted by Gasteiger charge is -2.23. The predicted octanol–water partition coefficient (Wildman–Crippen LogP) is 4.37. The van der Waals surface area contributed by atoms with E-state index in [0.717, 1.165) is 38.0 Å². The van der Waals surface area contributed by atoms with E-state index in [1.54, 1.807) is 0 Å². The molecule has 0 atom stereocenters. The van der Waals surface area contributed by atoms with Crippen LogP contribution in [0.15, 0.2) is 24.3 Å². The van der Waals surface area contributed by atoms with E-state index in [9.17, 15) is 4.39 Å². The Bertz CT molecular complexity index is 417. The number of benzene rings is 1. The van der Waals surface area contributed by atoms with Crippen molar-refractivity contribution in [3.8, 4) is 6.07 Å². The van der Waals surface area contributed by atoms with Crippen molar-refractivity contribution < 1.29 is 4.39 Å². The van der Waals surface area contributed by atoms with Gasteiger partial charge in [0, 0.05) is 18.8 Å². The minimum absolute atomic E-state index is 0.199. The van der Waals surface area contributed by atoms with E-state index in [-0.39, 0.29) is 11.2 Å². The maximum atomic E-state index is 12.9. The van der Waals surface area contributed by atoms with E-state index in [0.29, 0.717) is 0 Å². The van der Waals surface area contributed by atoms with Gasteiger partial charge in [-0.1, -0.05) is 6.42 Å². The molecule has 0 amide bonds. The van der Waals surface area contributed by atoms with E-state index in [1.807, 2.05) is 26.0 Å². The van der Waals surface area contributed by atoms with Crippen LogP contribution in [0.2, 0.25) is 0 Å². The van der Waals surface area contributed by atoms with Gasteiger partial charge < -0.3 is 4.90 Å². The van der Waals surface area contributed by atoms with Gasteiger partial charge in [-0.15, -0.1) is 0 Å². The monoisotopic (exact) mass is 262 g/mol. The molecule has 0 heterocycles. The zero-order valence-electron chi connectivity index (χ0n) is 12.1. The van der Waals surface area contributed by atoms with Crippen LogP contribution in [0.5, 0.6) is 0 Å². The number of hydrogen-bond acceptors (Lipinski definition) is 2. The quantitative estimate of drug-likeness (QED) is 0.682. The Morgan fingerprint density at radius 2 is 1.84 bits per heavy atom. The SMILES string of the molecule is CCN(CCCCC(C)(C)C#N)c1ccc(F)cc1. The second kappa shape index (κ2) is 7.13. The number of nitriles is 1. The number of nitrogens with zero attached hydrogens (tertiary/aromatic N) is 2. The zero-order valence-corrected chi connectivity index (χ0v) is 12.1. The Labute approximate surface area is 115 Å². The summed E-state index contributed by atoms with van der Waals surface area (Å²) in [5.41, 5.74) is 0.829. The molecule has 0 spiro atoms. The molecule has 0 aromatic heterocycles. The standard InChI is InChI=1S/C16H23FN2/c1-4-19(15-9-7-14(17)8-10-15)12-6-5-11-16(2,3)13-18/h7-10H,4-6,11-12H2,1-3H3. The molecular weight excluding hydrogens is 239 g/mol. The van der Waals surface area contributed by atoms with Crippen LogP contribution in [0.3, 0.4) is 0 Å². The number of rotatable bonds is 7. The van der Waals surface area contributed by atoms with Crippen molar-refractivity contribution in [2.24, 2.45) is 5.41 Å². The molecule has 104 valence electrons. The lowest BCUT2D eigenvalue weighted by atomic mass is 9.89. The van der Waals surface area contributed by atoms with Crippen LogP contribution in [0.4, 0.5) is 10.1 Å². The summed E-state index contributed by atoms with van der Waals surface area (Å²) in [6.45, 7) is 7.91. The van der Waals surface area contributed by atoms with Gasteiger partial charge in [-0.05, 0) is 57.9 Å². The molecule has 0 fully saturated rings. The number of halogens is 1. The molecule has 0 aliphatic heterocycles. The fourth-order valence-corrected chi connectivity index (χ4v) is 2.05. The predicted molar refractivity (Wildman–Crippen MR) is 77.5 cm³/mol. The highest BCUT2D eigenvalue weighted by atomic mass is 19.1. The summed E-state index contributed by atoms with van der Waals surface area (Å²) < 4.78 is 12.9. The van der Waals surface area contributed by atoms with Gasteiger partial charge in [0.1, 0.15) is 5.82 Å². The van der Waals surface area contributed by atoms with Crippen LogP contribution >= 0.6 is 0 Å². The minimum atomic E-state index is -0.229. The Balaban J connectivity index is 2.42. The molecule has 0 saturated carbocycles. The van der Waals surface area contributed by atoms with Gasteiger partial charge in [0.05, 0.1) is 11.5 Å². The van der Waals surface area contributed by atoms with Crippen LogP contribution < -0.4 is 4.90 Å². The largest absolute Gasteiger partial charge is 0.372 e. The molecule has 1 aromatic rings. The summed E-state index contributed by atoms with van der Waals surface area (Å²) in [5.74, 6) is -0.199. The minimum Gasteiger partial charge on any atom is -0.372 e. The second-order valence-corrected chi connectivity index (χ2v) is 5.51. The van der Waals surface area contributed by atoms with Crippen molar-refractivity contribution >= 4 is 5.69 Å². The molecule has 1 rings (SSSR count). The first-order valence-corrected chi connectivity index (χ1v) is 6.90. The molecule has 19 heavy (non-hydrogen) atoms. The van der Waals surface area contributed by atoms with Crippen LogP contribution in [0, 0.1) is 22.6 Å². The van der Waals surface area contributed by atoms with E-state index < -0.39 is 0 Å². The van der Waals surface area contributed by atoms with Crippen LogP contribution in [-0.4, -0.2) is 13.1 Å². The van der Waals surface area contributed by atoms with Gasteiger partial charge in [-0.2, -0.15) is 5.26 Å². The van der Waals surface area contributed by atoms with Crippen LogP contribution in [-0.2, 0) is 0 Å². The third-order valence-corrected chi connectivity index (χ3v) is 3.36. The molecule has 1 aromatic carbocycles. The summed E-state index contributed by atoms with van der Waals surface area (Å²) >= 11 is 0. The van der Waals surface area contributed by atoms with Crippen molar-refractivity contribution in [3.63, 3.8) is 0 Å². The first-order chi connectivity index (χ1) is 8.98. The molecule has 2 nitrogen and oxygen atoms in total. The molecule has 0 N–H and O–H groups in total. The molecule has 0 bridgehead atoms. The number of hydrogen-bond donors (Lipinski definition) is 0. The normalized spacial score (nSPS) is 11.1. The van der Waals surface area contributed by atoms with Crippen molar-refractivity contribution in [1.82, 2.24) is 0 Å². The van der Waals surface area contributed by atoms with Crippen molar-refractivity contribution in [1.29, 1.82) is 5.26 Å². The highest BCUT2D eigenvalue weighted by Gasteiger charge is 2.15. The van der Waals surface area contributed by atoms with Crippen molar-refractivity contribution in [2.45, 2.75) is 40.0 Å². The summed E-state index contributed by atoms with van der Waals surface area (Å²) in [7, 11) is 0. The van der Waals surface area contributed by atoms with E-state index in [1.165, 1.54) is 12.1 Å². The zero-order chi connectivity index (χ0) is 14.3. The lowest BCUT2D eigenvalue weighted by Crippen LogP contribution is -2.24. The molecule has 0 unspecified atom stereocenters. The molecule has 0 radical (unpaired) electrons. The fourth-order valence-electron chi connectivity index (χ4n) is 2.05. The molecular formula is C16H23FN2. The van der Waals surface area contributed by atoms with Gasteiger partial charge in [0.2, 0.25) is 0 Å². The summed E-state index contributed by atoms with van der Waals surface area (Å²) in [6, 6.07) is 8.95. The Morgan fingerprint density at radius 1 is 1.21 bits per heavy atom. The van der Waals surface area contributed by atoms with E-state index >= 15 is 0 Å². The Hall–Kier alpha value is -1.56. The molecule has 0 saturated heterocycles. The fraction of sp³-hybridized carbons (Fsp3) is 0.562. The summed E-state index contributed by atoms with van der Waals surface area (Å²) in [6.07, 6.45) is 3.01. The van der Waals surface area contributed by atoms with Gasteiger partial charge >= 0.3 is 0 Å². The third-order valence-electron chi connectivity index (χ3n) is 3.36. The van der Waals surface area contributed by atoms with Gasteiger partial charge in [0.25, 0.3) is 0 Å². The first-order valence-electron chi connectivity index (χ1n) is 6.90. The van der Waals surface area contributed by atoms with E-state index in [2.05, 4.69) is 17.9 Å². The second-order valence-electron chi connectivity index (χ2n) is 5.51. The topological polar surface area (TPSA) is 27.0 Å². The van der Waals surface area contributed by atoms with Gasteiger partial charge in [-0.25, -0.2) is 4.39 Å². The average molecular weight is 262 g/mol. The van der Waals surface area contributed by atoms with Gasteiger partial charge in [0.15, 0.2) is 0 Å². The summed E-state index contributed by atoms with van der Waals surface area (Å²) in [4.78, 5) is 2.23. The lowest BCUT2D eigenvalue weighted by molar-refractivity contribution is 0.427.